The molecule has 2 aliphatic carbocycles. The molecule has 1 aromatic carbocycles. The number of rotatable bonds is 8. The highest BCUT2D eigenvalue weighted by Crippen LogP contribution is 2.54. The van der Waals surface area contributed by atoms with Gasteiger partial charge in [-0.1, -0.05) is 12.1 Å². The molecular formula is C26H28N6O4. The fourth-order valence-electron chi connectivity index (χ4n) is 5.07. The standard InChI is InChI=1S/C26H28N6O4/c1-35-23-17(16-10-29-32(12-16)21-7-8-26(21)13-36-14-26)3-2-4-19(23)30-20-9-22(28-11-18(20)24(27)33)31-25(34)15-5-6-15/h2-4,9-12,15,21H,5-8,13-14H2,1H3,(H2,27,33)(H2,28,30,31,34)/t21-/m0/s1. The molecule has 10 nitrogen and oxygen atoms in total. The third kappa shape index (κ3) is 3.87. The molecule has 1 saturated heterocycles. The van der Waals surface area contributed by atoms with Gasteiger partial charge >= 0.3 is 0 Å². The van der Waals surface area contributed by atoms with Crippen molar-refractivity contribution in [2.45, 2.75) is 31.7 Å². The Hall–Kier alpha value is -3.92. The van der Waals surface area contributed by atoms with E-state index in [1.54, 1.807) is 13.2 Å². The predicted molar refractivity (Wildman–Crippen MR) is 133 cm³/mol. The Bertz CT molecular complexity index is 1340. The number of para-hydroxylation sites is 1. The number of carbonyl (C=O) groups excluding carboxylic acids is 2. The molecule has 1 aliphatic heterocycles. The maximum atomic E-state index is 12.2. The number of ether oxygens (including phenoxy) is 2. The van der Waals surface area contributed by atoms with Crippen molar-refractivity contribution in [1.82, 2.24) is 14.8 Å². The number of hydrogen-bond acceptors (Lipinski definition) is 7. The van der Waals surface area contributed by atoms with Crippen LogP contribution < -0.4 is 21.1 Å². The van der Waals surface area contributed by atoms with Gasteiger partial charge in [-0.3, -0.25) is 14.3 Å². The summed E-state index contributed by atoms with van der Waals surface area (Å²) in [6, 6.07) is 7.70. The second-order valence-corrected chi connectivity index (χ2v) is 9.87. The summed E-state index contributed by atoms with van der Waals surface area (Å²) in [5, 5.41) is 10.7. The highest BCUT2D eigenvalue weighted by molar-refractivity contribution is 6.01. The summed E-state index contributed by atoms with van der Waals surface area (Å²) in [6.07, 6.45) is 9.30. The third-order valence-electron chi connectivity index (χ3n) is 7.49. The summed E-state index contributed by atoms with van der Waals surface area (Å²) in [5.41, 5.74) is 8.90. The average Bonchev–Trinajstić information content (AvgIpc) is 3.56. The molecule has 186 valence electrons. The van der Waals surface area contributed by atoms with Crippen molar-refractivity contribution in [2.75, 3.05) is 31.0 Å². The Kier molecular flexibility index (Phi) is 5.40. The Morgan fingerprint density at radius 3 is 2.67 bits per heavy atom. The zero-order chi connectivity index (χ0) is 24.9. The number of methoxy groups -OCH3 is 1. The third-order valence-corrected chi connectivity index (χ3v) is 7.49. The van der Waals surface area contributed by atoms with Gasteiger partial charge in [-0.25, -0.2) is 4.98 Å². The van der Waals surface area contributed by atoms with E-state index < -0.39 is 5.91 Å². The zero-order valence-corrected chi connectivity index (χ0v) is 20.0. The number of nitrogens with zero attached hydrogens (tertiary/aromatic N) is 3. The zero-order valence-electron chi connectivity index (χ0n) is 20.0. The molecule has 36 heavy (non-hydrogen) atoms. The molecule has 1 atom stereocenters. The maximum Gasteiger partial charge on any atom is 0.252 e. The van der Waals surface area contributed by atoms with E-state index in [-0.39, 0.29) is 22.8 Å². The van der Waals surface area contributed by atoms with E-state index in [4.69, 9.17) is 15.2 Å². The lowest BCUT2D eigenvalue weighted by atomic mass is 9.63. The first kappa shape index (κ1) is 22.5. The largest absolute Gasteiger partial charge is 0.494 e. The van der Waals surface area contributed by atoms with Gasteiger partial charge in [0.15, 0.2) is 0 Å². The predicted octanol–water partition coefficient (Wildman–Crippen LogP) is 3.50. The van der Waals surface area contributed by atoms with Crippen molar-refractivity contribution in [2.24, 2.45) is 17.1 Å². The molecule has 0 unspecified atom stereocenters. The topological polar surface area (TPSA) is 133 Å². The molecule has 3 aliphatic rings. The Morgan fingerprint density at radius 2 is 2.03 bits per heavy atom. The van der Waals surface area contributed by atoms with Gasteiger partial charge in [0, 0.05) is 40.9 Å². The number of carbonyl (C=O) groups is 2. The fourth-order valence-corrected chi connectivity index (χ4v) is 5.07. The molecule has 2 saturated carbocycles. The van der Waals surface area contributed by atoms with Gasteiger partial charge in [0.25, 0.3) is 5.91 Å². The van der Waals surface area contributed by atoms with Crippen LogP contribution in [-0.2, 0) is 9.53 Å². The van der Waals surface area contributed by atoms with Crippen LogP contribution in [0.3, 0.4) is 0 Å². The van der Waals surface area contributed by atoms with Crippen molar-refractivity contribution >= 4 is 29.0 Å². The first-order valence-electron chi connectivity index (χ1n) is 12.1. The van der Waals surface area contributed by atoms with Crippen LogP contribution in [0.2, 0.25) is 0 Å². The highest BCUT2D eigenvalue weighted by atomic mass is 16.5. The summed E-state index contributed by atoms with van der Waals surface area (Å²) < 4.78 is 13.3. The highest BCUT2D eigenvalue weighted by Gasteiger charge is 2.53. The molecule has 3 fully saturated rings. The van der Waals surface area contributed by atoms with E-state index in [9.17, 15) is 9.59 Å². The normalized spacial score (nSPS) is 19.8. The Morgan fingerprint density at radius 1 is 1.19 bits per heavy atom. The second kappa shape index (κ2) is 8.63. The number of pyridine rings is 1. The van der Waals surface area contributed by atoms with Crippen LogP contribution >= 0.6 is 0 Å². The number of primary amides is 1. The van der Waals surface area contributed by atoms with Gasteiger partial charge in [-0.15, -0.1) is 0 Å². The van der Waals surface area contributed by atoms with E-state index in [0.717, 1.165) is 43.6 Å². The van der Waals surface area contributed by atoms with Gasteiger partial charge in [0.1, 0.15) is 11.6 Å². The quantitative estimate of drug-likeness (QED) is 0.442. The number of amides is 2. The van der Waals surface area contributed by atoms with Gasteiger partial charge in [0.2, 0.25) is 5.91 Å². The van der Waals surface area contributed by atoms with Crippen molar-refractivity contribution in [3.8, 4) is 16.9 Å². The Balaban J connectivity index is 1.30. The van der Waals surface area contributed by atoms with E-state index in [2.05, 4.69) is 26.9 Å². The van der Waals surface area contributed by atoms with Crippen LogP contribution in [-0.4, -0.2) is 46.9 Å². The van der Waals surface area contributed by atoms with Crippen LogP contribution in [0.1, 0.15) is 42.1 Å². The van der Waals surface area contributed by atoms with Gasteiger partial charge < -0.3 is 25.8 Å². The Labute approximate surface area is 208 Å². The average molecular weight is 489 g/mol. The molecule has 6 rings (SSSR count). The maximum absolute atomic E-state index is 12.2. The second-order valence-electron chi connectivity index (χ2n) is 9.87. The molecule has 10 heteroatoms. The van der Waals surface area contributed by atoms with Gasteiger partial charge in [-0.05, 0) is 31.7 Å². The lowest BCUT2D eigenvalue weighted by molar-refractivity contribution is -0.190. The molecule has 0 radical (unpaired) electrons. The number of nitrogens with one attached hydrogen (secondary N) is 2. The summed E-state index contributed by atoms with van der Waals surface area (Å²) in [7, 11) is 1.60. The van der Waals surface area contributed by atoms with Crippen molar-refractivity contribution in [3.63, 3.8) is 0 Å². The van der Waals surface area contributed by atoms with E-state index in [0.29, 0.717) is 29.0 Å². The van der Waals surface area contributed by atoms with E-state index in [1.165, 1.54) is 12.6 Å². The van der Waals surface area contributed by atoms with Gasteiger partial charge in [0.05, 0.1) is 49.5 Å². The first-order valence-corrected chi connectivity index (χ1v) is 12.1. The molecule has 3 heterocycles. The number of nitrogens with two attached hydrogens (primary N) is 1. The van der Waals surface area contributed by atoms with Crippen molar-refractivity contribution < 1.29 is 19.1 Å². The summed E-state index contributed by atoms with van der Waals surface area (Å²) in [6.45, 7) is 1.60. The number of hydrogen-bond donors (Lipinski definition) is 3. The van der Waals surface area contributed by atoms with E-state index in [1.807, 2.05) is 29.1 Å². The molecule has 0 bridgehead atoms. The molecule has 3 aromatic rings. The number of anilines is 3. The van der Waals surface area contributed by atoms with Gasteiger partial charge in [-0.2, -0.15) is 5.10 Å². The minimum absolute atomic E-state index is 0.0309. The van der Waals surface area contributed by atoms with Crippen LogP contribution in [0.25, 0.3) is 11.1 Å². The molecule has 1 spiro atoms. The smallest absolute Gasteiger partial charge is 0.252 e. The lowest BCUT2D eigenvalue weighted by Crippen LogP contribution is -2.55. The van der Waals surface area contributed by atoms with Crippen LogP contribution in [0, 0.1) is 11.3 Å². The SMILES string of the molecule is COc1c(Nc2cc(NC(=O)C3CC3)ncc2C(N)=O)cccc1-c1cnn([C@H]2CCC23COC3)c1. The molecule has 2 amide bonds. The monoisotopic (exact) mass is 488 g/mol. The summed E-state index contributed by atoms with van der Waals surface area (Å²) in [4.78, 5) is 28.5. The lowest BCUT2D eigenvalue weighted by Gasteiger charge is -2.54. The van der Waals surface area contributed by atoms with Crippen LogP contribution in [0.5, 0.6) is 5.75 Å². The first-order chi connectivity index (χ1) is 17.5. The minimum Gasteiger partial charge on any atom is -0.494 e. The number of aromatic nitrogens is 3. The fraction of sp³-hybridized carbons (Fsp3) is 0.385. The van der Waals surface area contributed by atoms with Crippen LogP contribution in [0.15, 0.2) is 42.9 Å². The van der Waals surface area contributed by atoms with Crippen molar-refractivity contribution in [3.05, 3.63) is 48.4 Å². The summed E-state index contributed by atoms with van der Waals surface area (Å²) in [5.74, 6) is 0.283. The molecular weight excluding hydrogens is 460 g/mol. The molecule has 2 aromatic heterocycles. The van der Waals surface area contributed by atoms with E-state index >= 15 is 0 Å². The minimum atomic E-state index is -0.629. The number of benzene rings is 1. The van der Waals surface area contributed by atoms with Crippen LogP contribution in [0.4, 0.5) is 17.2 Å². The summed E-state index contributed by atoms with van der Waals surface area (Å²) >= 11 is 0. The molecule has 4 N–H and O–H groups in total. The van der Waals surface area contributed by atoms with Crippen molar-refractivity contribution in [1.29, 1.82) is 0 Å².